The van der Waals surface area contributed by atoms with Crippen molar-refractivity contribution in [3.05, 3.63) is 106 Å². The van der Waals surface area contributed by atoms with E-state index in [1.807, 2.05) is 31.2 Å². The first-order valence-corrected chi connectivity index (χ1v) is 24.5. The number of fused-ring (bicyclic) bond motifs is 5. The number of anilines is 1. The van der Waals surface area contributed by atoms with Gasteiger partial charge in [0.15, 0.2) is 17.7 Å². The Kier molecular flexibility index (Phi) is 11.7. The largest absolute Gasteiger partial charge is 0.502 e. The summed E-state index contributed by atoms with van der Waals surface area (Å²) in [7, 11) is 3.10. The first kappa shape index (κ1) is 45.4. The van der Waals surface area contributed by atoms with Crippen molar-refractivity contribution in [3.63, 3.8) is 0 Å². The zero-order valence-electron chi connectivity index (χ0n) is 39.4. The SMILES string of the molecule is CCNCOc1cc(OC)c2c3c1[C@H](O)Nc1cc4c(c(c1-3)CC2)[C@@H](O)[C@H](c1cc(OC)c(O)c(OC[C@H](CO)[C@@]23CCC5(CCCC5)[C@H](CN5C(=O)C=CC5=O)[C@@H]2C=Cc2ccccc23)c1)CO4. The third-order valence-electron chi connectivity index (χ3n) is 16.9. The van der Waals surface area contributed by atoms with E-state index in [9.17, 15) is 30.0 Å². The number of imide groups is 1. The van der Waals surface area contributed by atoms with E-state index in [4.69, 9.17) is 23.7 Å². The number of phenolic OH excluding ortho intramolecular Hbond substituents is 1. The summed E-state index contributed by atoms with van der Waals surface area (Å²) in [5.74, 6) is -0.0270. The topological polar surface area (TPSA) is 189 Å². The van der Waals surface area contributed by atoms with Gasteiger partial charge in [0.05, 0.1) is 45.7 Å². The summed E-state index contributed by atoms with van der Waals surface area (Å²) in [5.41, 5.74) is 7.63. The van der Waals surface area contributed by atoms with Crippen LogP contribution in [0.15, 0.2) is 66.8 Å². The number of amides is 2. The smallest absolute Gasteiger partial charge is 0.253 e. The molecule has 4 aliphatic carbocycles. The number of hydrogen-bond acceptors (Lipinski definition) is 13. The molecule has 1 spiro atoms. The third kappa shape index (κ3) is 7.11. The molecule has 2 saturated carbocycles. The monoisotopic (exact) mass is 939 g/mol. The minimum atomic E-state index is -1.06. The van der Waals surface area contributed by atoms with Crippen molar-refractivity contribution >= 4 is 23.6 Å². The minimum absolute atomic E-state index is 0.0330. The van der Waals surface area contributed by atoms with Gasteiger partial charge in [0.2, 0.25) is 5.75 Å². The molecule has 0 bridgehead atoms. The van der Waals surface area contributed by atoms with Crippen LogP contribution in [0.2, 0.25) is 0 Å². The van der Waals surface area contributed by atoms with Gasteiger partial charge >= 0.3 is 0 Å². The lowest BCUT2D eigenvalue weighted by Gasteiger charge is -2.59. The second-order valence-corrected chi connectivity index (χ2v) is 19.9. The highest BCUT2D eigenvalue weighted by molar-refractivity contribution is 6.12. The average Bonchev–Trinajstić information content (AvgIpc) is 3.97. The Morgan fingerprint density at radius 1 is 0.870 bits per heavy atom. The van der Waals surface area contributed by atoms with Crippen LogP contribution >= 0.6 is 0 Å². The lowest BCUT2D eigenvalue weighted by Crippen LogP contribution is -2.59. The standard InChI is InChI=1S/C55H61N3O11/c1-4-56-29-69-42-24-40(65-2)33-12-13-34-47-39(57-53(64)50(42)49(33)47)23-41-48(34)51(62)35(28-68-41)31-21-43(66-3)52(63)44(22-31)67-27-32(26-59)55-20-19-54(17-7-8-18-54)38(25-58-45(60)15-16-46(58)61)37(55)14-11-30-9-5-6-10-36(30)55/h5-6,9-11,14-16,21-24,32,35,37-38,51,53,56-57,59,62-64H,4,7-8,12-13,17-20,25-29H2,1-3H3/t32-,35-,37-,38+,51-,53-,55+/m0/s1. The molecule has 14 heteroatoms. The number of aliphatic hydroxyl groups is 3. The van der Waals surface area contributed by atoms with Crippen molar-refractivity contribution in [3.8, 4) is 45.6 Å². The molecule has 7 atom stereocenters. The number of nitrogens with zero attached hydrogens (tertiary/aromatic N) is 1. The summed E-state index contributed by atoms with van der Waals surface area (Å²) in [6.45, 7) is 3.17. The van der Waals surface area contributed by atoms with E-state index in [0.717, 1.165) is 71.9 Å². The summed E-state index contributed by atoms with van der Waals surface area (Å²) in [5, 5.41) is 53.9. The second-order valence-electron chi connectivity index (χ2n) is 19.9. The van der Waals surface area contributed by atoms with Gasteiger partial charge in [0, 0.05) is 76.0 Å². The number of allylic oxidation sites excluding steroid dienone is 1. The highest BCUT2D eigenvalue weighted by Gasteiger charge is 2.60. The highest BCUT2D eigenvalue weighted by Crippen LogP contribution is 2.65. The van der Waals surface area contributed by atoms with Gasteiger partial charge in [-0.3, -0.25) is 19.8 Å². The number of methoxy groups -OCH3 is 2. The van der Waals surface area contributed by atoms with E-state index in [-0.39, 0.29) is 72.9 Å². The molecule has 0 aromatic heterocycles. The highest BCUT2D eigenvalue weighted by atomic mass is 16.5. The Balaban J connectivity index is 0.935. The number of phenols is 1. The third-order valence-corrected chi connectivity index (χ3v) is 16.9. The number of aliphatic hydroxyl groups excluding tert-OH is 3. The maximum atomic E-state index is 13.1. The number of aromatic hydroxyl groups is 1. The molecule has 0 unspecified atom stereocenters. The van der Waals surface area contributed by atoms with E-state index in [1.54, 1.807) is 19.2 Å². The fourth-order valence-corrected chi connectivity index (χ4v) is 13.7. The summed E-state index contributed by atoms with van der Waals surface area (Å²) in [4.78, 5) is 27.7. The van der Waals surface area contributed by atoms with Crippen LogP contribution in [0.5, 0.6) is 34.5 Å². The van der Waals surface area contributed by atoms with Crippen LogP contribution in [0.4, 0.5) is 5.69 Å². The minimum Gasteiger partial charge on any atom is -0.502 e. The first-order chi connectivity index (χ1) is 33.5. The Labute approximate surface area is 401 Å². The lowest BCUT2D eigenvalue weighted by molar-refractivity contribution is -0.140. The maximum Gasteiger partial charge on any atom is 0.253 e. The predicted octanol–water partition coefficient (Wildman–Crippen LogP) is 7.21. The number of carbonyl (C=O) groups excluding carboxylic acids is 2. The molecule has 362 valence electrons. The van der Waals surface area contributed by atoms with Crippen molar-refractivity contribution in [2.75, 3.05) is 59.2 Å². The maximum absolute atomic E-state index is 13.1. The van der Waals surface area contributed by atoms with E-state index in [2.05, 4.69) is 34.9 Å². The molecule has 14 nitrogen and oxygen atoms in total. The number of benzene rings is 4. The molecule has 11 rings (SSSR count). The normalized spacial score (nSPS) is 25.8. The Bertz CT molecular complexity index is 2760. The van der Waals surface area contributed by atoms with Crippen LogP contribution in [0, 0.1) is 23.2 Å². The molecule has 3 heterocycles. The molecule has 2 fully saturated rings. The van der Waals surface area contributed by atoms with E-state index in [0.29, 0.717) is 65.6 Å². The lowest BCUT2D eigenvalue weighted by atomic mass is 9.45. The zero-order valence-corrected chi connectivity index (χ0v) is 39.4. The zero-order chi connectivity index (χ0) is 47.8. The molecule has 0 radical (unpaired) electrons. The fraction of sp³-hybridized carbons (Fsp3) is 0.455. The first-order valence-electron chi connectivity index (χ1n) is 24.5. The van der Waals surface area contributed by atoms with Gasteiger partial charge in [-0.05, 0) is 96.7 Å². The molecule has 4 aromatic rings. The number of rotatable bonds is 14. The number of hydrogen-bond donors (Lipinski definition) is 6. The molecule has 6 N–H and O–H groups in total. The van der Waals surface area contributed by atoms with E-state index >= 15 is 0 Å². The Hall–Kier alpha value is -6.06. The van der Waals surface area contributed by atoms with Crippen LogP contribution in [-0.4, -0.2) is 91.0 Å². The van der Waals surface area contributed by atoms with Gasteiger partial charge in [-0.1, -0.05) is 56.2 Å². The van der Waals surface area contributed by atoms with E-state index < -0.39 is 29.6 Å². The van der Waals surface area contributed by atoms with Gasteiger partial charge in [-0.2, -0.15) is 0 Å². The van der Waals surface area contributed by atoms with Crippen molar-refractivity contribution in [2.45, 2.75) is 82.0 Å². The Morgan fingerprint density at radius 2 is 1.62 bits per heavy atom. The molecule has 2 amide bonds. The summed E-state index contributed by atoms with van der Waals surface area (Å²) in [6, 6.07) is 15.4. The molecule has 4 aromatic carbocycles. The van der Waals surface area contributed by atoms with Crippen LogP contribution < -0.4 is 34.3 Å². The van der Waals surface area contributed by atoms with Crippen molar-refractivity contribution in [1.82, 2.24) is 10.2 Å². The fourth-order valence-electron chi connectivity index (χ4n) is 13.7. The molecule has 7 aliphatic rings. The number of ether oxygens (including phenoxy) is 5. The predicted molar refractivity (Wildman–Crippen MR) is 258 cm³/mol. The van der Waals surface area contributed by atoms with Crippen molar-refractivity contribution in [2.24, 2.45) is 23.2 Å². The van der Waals surface area contributed by atoms with E-state index in [1.165, 1.54) is 24.2 Å². The van der Waals surface area contributed by atoms with Gasteiger partial charge in [-0.15, -0.1) is 0 Å². The van der Waals surface area contributed by atoms with Crippen LogP contribution in [0.3, 0.4) is 0 Å². The molecular formula is C55H61N3O11. The quantitative estimate of drug-likeness (QED) is 0.0423. The van der Waals surface area contributed by atoms with Gasteiger partial charge in [0.25, 0.3) is 11.8 Å². The van der Waals surface area contributed by atoms with Gasteiger partial charge in [0.1, 0.15) is 24.0 Å². The molecule has 69 heavy (non-hydrogen) atoms. The molecular weight excluding hydrogens is 879 g/mol. The number of nitrogens with one attached hydrogen (secondary N) is 2. The van der Waals surface area contributed by atoms with Crippen molar-refractivity contribution < 1.29 is 53.7 Å². The summed E-state index contributed by atoms with van der Waals surface area (Å²) >= 11 is 0. The molecule has 0 saturated heterocycles. The van der Waals surface area contributed by atoms with Crippen LogP contribution in [0.1, 0.15) is 103 Å². The van der Waals surface area contributed by atoms with Gasteiger partial charge < -0.3 is 49.4 Å². The molecule has 3 aliphatic heterocycles. The average molecular weight is 940 g/mol. The Morgan fingerprint density at radius 3 is 2.38 bits per heavy atom. The van der Waals surface area contributed by atoms with Crippen molar-refractivity contribution in [1.29, 1.82) is 0 Å². The summed E-state index contributed by atoms with van der Waals surface area (Å²) < 4.78 is 31.0. The van der Waals surface area contributed by atoms with Gasteiger partial charge in [-0.25, -0.2) is 0 Å². The van der Waals surface area contributed by atoms with Crippen LogP contribution in [0.25, 0.3) is 17.2 Å². The summed E-state index contributed by atoms with van der Waals surface area (Å²) in [6.07, 6.45) is 12.1. The van der Waals surface area contributed by atoms with Crippen LogP contribution in [-0.2, 0) is 27.8 Å². The number of carbonyl (C=O) groups is 2. The second kappa shape index (κ2) is 17.7.